The monoisotopic (exact) mass is 262 g/mol. The number of hydrogen-bond acceptors (Lipinski definition) is 2. The highest BCUT2D eigenvalue weighted by Crippen LogP contribution is 2.26. The summed E-state index contributed by atoms with van der Waals surface area (Å²) < 4.78 is 0. The van der Waals surface area contributed by atoms with Crippen LogP contribution in [0.3, 0.4) is 0 Å². The molecule has 1 nitrogen and oxygen atoms in total. The fourth-order valence-corrected chi connectivity index (χ4v) is 3.59. The lowest BCUT2D eigenvalue weighted by molar-refractivity contribution is 0.0958. The summed E-state index contributed by atoms with van der Waals surface area (Å²) in [6.45, 7) is 4.35. The molecule has 1 fully saturated rings. The second-order valence-corrected chi connectivity index (χ2v) is 6.68. The highest BCUT2D eigenvalue weighted by atomic mass is 32.2. The van der Waals surface area contributed by atoms with Crippen LogP contribution in [0.25, 0.3) is 0 Å². The first-order valence-electron chi connectivity index (χ1n) is 6.87. The quantitative estimate of drug-likeness (QED) is 0.742. The van der Waals surface area contributed by atoms with Crippen molar-refractivity contribution in [1.82, 2.24) is 0 Å². The first kappa shape index (κ1) is 13.7. The average molecular weight is 262 g/mol. The summed E-state index contributed by atoms with van der Waals surface area (Å²) in [5.74, 6) is 3.92. The number of ketones is 1. The maximum Gasteiger partial charge on any atom is 0.163 e. The predicted molar refractivity (Wildman–Crippen MR) is 79.5 cm³/mol. The molecule has 1 aliphatic rings. The normalized spacial score (nSPS) is 17.1. The zero-order valence-electron chi connectivity index (χ0n) is 11.3. The van der Waals surface area contributed by atoms with Gasteiger partial charge >= 0.3 is 0 Å². The van der Waals surface area contributed by atoms with Crippen LogP contribution in [0, 0.1) is 5.92 Å². The van der Waals surface area contributed by atoms with Crippen molar-refractivity contribution in [1.29, 1.82) is 0 Å². The van der Waals surface area contributed by atoms with Gasteiger partial charge < -0.3 is 0 Å². The topological polar surface area (TPSA) is 17.1 Å². The zero-order chi connectivity index (χ0) is 13.0. The number of carbonyl (C=O) groups excluding carboxylic acids is 1. The highest BCUT2D eigenvalue weighted by molar-refractivity contribution is 7.99. The Balaban J connectivity index is 1.95. The molecule has 1 heterocycles. The summed E-state index contributed by atoms with van der Waals surface area (Å²) in [6, 6.07) is 8.17. The van der Waals surface area contributed by atoms with Crippen molar-refractivity contribution < 1.29 is 4.79 Å². The summed E-state index contributed by atoms with van der Waals surface area (Å²) in [5, 5.41) is 0. The molecule has 18 heavy (non-hydrogen) atoms. The Labute approximate surface area is 114 Å². The maximum atomic E-state index is 12.2. The van der Waals surface area contributed by atoms with Gasteiger partial charge in [0.05, 0.1) is 0 Å². The SMILES string of the molecule is CC(C)c1ccc(C(=O)CC2CCSCC2)cc1. The van der Waals surface area contributed by atoms with E-state index in [1.807, 2.05) is 23.9 Å². The van der Waals surface area contributed by atoms with Gasteiger partial charge in [-0.3, -0.25) is 4.79 Å². The third-order valence-corrected chi connectivity index (χ3v) is 4.76. The van der Waals surface area contributed by atoms with Crippen LogP contribution in [0.5, 0.6) is 0 Å². The number of thioether (sulfide) groups is 1. The van der Waals surface area contributed by atoms with Crippen LogP contribution in [-0.4, -0.2) is 17.3 Å². The second kappa shape index (κ2) is 6.42. The summed E-state index contributed by atoms with van der Waals surface area (Å²) in [6.07, 6.45) is 3.16. The van der Waals surface area contributed by atoms with Crippen molar-refractivity contribution in [2.75, 3.05) is 11.5 Å². The lowest BCUT2D eigenvalue weighted by Crippen LogP contribution is -2.14. The molecule has 0 saturated carbocycles. The zero-order valence-corrected chi connectivity index (χ0v) is 12.1. The smallest absolute Gasteiger partial charge is 0.163 e. The fourth-order valence-electron chi connectivity index (χ4n) is 2.38. The molecule has 1 aromatic carbocycles. The fraction of sp³-hybridized carbons (Fsp3) is 0.562. The van der Waals surface area contributed by atoms with Crippen LogP contribution in [0.15, 0.2) is 24.3 Å². The van der Waals surface area contributed by atoms with Gasteiger partial charge in [0.15, 0.2) is 5.78 Å². The van der Waals surface area contributed by atoms with Gasteiger partial charge in [-0.15, -0.1) is 0 Å². The van der Waals surface area contributed by atoms with E-state index in [-0.39, 0.29) is 0 Å². The molecule has 98 valence electrons. The lowest BCUT2D eigenvalue weighted by Gasteiger charge is -2.20. The molecule has 1 saturated heterocycles. The van der Waals surface area contributed by atoms with Crippen LogP contribution in [0.1, 0.15) is 54.9 Å². The number of hydrogen-bond donors (Lipinski definition) is 0. The molecular weight excluding hydrogens is 240 g/mol. The van der Waals surface area contributed by atoms with E-state index >= 15 is 0 Å². The van der Waals surface area contributed by atoms with Gasteiger partial charge in [-0.25, -0.2) is 0 Å². The summed E-state index contributed by atoms with van der Waals surface area (Å²) in [5.41, 5.74) is 2.19. The van der Waals surface area contributed by atoms with Gasteiger partial charge in [0.25, 0.3) is 0 Å². The molecule has 2 heteroatoms. The average Bonchev–Trinajstić information content (AvgIpc) is 2.40. The van der Waals surface area contributed by atoms with Gasteiger partial charge in [0.2, 0.25) is 0 Å². The summed E-state index contributed by atoms with van der Waals surface area (Å²) >= 11 is 2.02. The van der Waals surface area contributed by atoms with Crippen LogP contribution in [-0.2, 0) is 0 Å². The van der Waals surface area contributed by atoms with Crippen LogP contribution in [0.2, 0.25) is 0 Å². The number of Topliss-reactive ketones (excluding diaryl/α,β-unsaturated/α-hetero) is 1. The highest BCUT2D eigenvalue weighted by Gasteiger charge is 2.18. The number of carbonyl (C=O) groups is 1. The number of benzene rings is 1. The third-order valence-electron chi connectivity index (χ3n) is 3.71. The minimum atomic E-state index is 0.321. The van der Waals surface area contributed by atoms with Gasteiger partial charge in [0, 0.05) is 12.0 Å². The molecule has 0 radical (unpaired) electrons. The standard InChI is InChI=1S/C16H22OS/c1-12(2)14-3-5-15(6-4-14)16(17)11-13-7-9-18-10-8-13/h3-6,12-13H,7-11H2,1-2H3. The van der Waals surface area contributed by atoms with Crippen LogP contribution >= 0.6 is 11.8 Å². The summed E-state index contributed by atoms with van der Waals surface area (Å²) in [7, 11) is 0. The Bertz CT molecular complexity index is 388. The Morgan fingerprint density at radius 1 is 1.22 bits per heavy atom. The Hall–Kier alpha value is -0.760. The predicted octanol–water partition coefficient (Wildman–Crippen LogP) is 4.53. The van der Waals surface area contributed by atoms with Crippen molar-refractivity contribution >= 4 is 17.5 Å². The van der Waals surface area contributed by atoms with E-state index in [0.29, 0.717) is 17.6 Å². The third kappa shape index (κ3) is 3.61. The maximum absolute atomic E-state index is 12.2. The van der Waals surface area contributed by atoms with Crippen molar-refractivity contribution in [3.63, 3.8) is 0 Å². The van der Waals surface area contributed by atoms with E-state index in [4.69, 9.17) is 0 Å². The van der Waals surface area contributed by atoms with Gasteiger partial charge in [-0.1, -0.05) is 38.1 Å². The lowest BCUT2D eigenvalue weighted by atomic mass is 9.92. The van der Waals surface area contributed by atoms with Gasteiger partial charge in [0.1, 0.15) is 0 Å². The Morgan fingerprint density at radius 3 is 2.39 bits per heavy atom. The van der Waals surface area contributed by atoms with Crippen molar-refractivity contribution in [3.8, 4) is 0 Å². The van der Waals surface area contributed by atoms with E-state index < -0.39 is 0 Å². The molecular formula is C16H22OS. The van der Waals surface area contributed by atoms with Crippen molar-refractivity contribution in [3.05, 3.63) is 35.4 Å². The van der Waals surface area contributed by atoms with E-state index in [9.17, 15) is 4.79 Å². The molecule has 2 rings (SSSR count). The van der Waals surface area contributed by atoms with E-state index in [2.05, 4.69) is 26.0 Å². The Kier molecular flexibility index (Phi) is 4.87. The van der Waals surface area contributed by atoms with Crippen molar-refractivity contribution in [2.45, 2.75) is 39.0 Å². The van der Waals surface area contributed by atoms with Crippen LogP contribution in [0.4, 0.5) is 0 Å². The molecule has 1 aromatic rings. The number of rotatable bonds is 4. The van der Waals surface area contributed by atoms with Gasteiger partial charge in [-0.05, 0) is 41.7 Å². The van der Waals surface area contributed by atoms with Crippen LogP contribution < -0.4 is 0 Å². The molecule has 0 atom stereocenters. The molecule has 0 aliphatic carbocycles. The largest absolute Gasteiger partial charge is 0.294 e. The van der Waals surface area contributed by atoms with E-state index in [0.717, 1.165) is 12.0 Å². The van der Waals surface area contributed by atoms with E-state index in [1.165, 1.54) is 29.9 Å². The molecule has 0 N–H and O–H groups in total. The molecule has 0 unspecified atom stereocenters. The minimum Gasteiger partial charge on any atom is -0.294 e. The molecule has 0 aromatic heterocycles. The summed E-state index contributed by atoms with van der Waals surface area (Å²) in [4.78, 5) is 12.2. The van der Waals surface area contributed by atoms with Gasteiger partial charge in [-0.2, -0.15) is 11.8 Å². The molecule has 0 spiro atoms. The molecule has 1 aliphatic heterocycles. The first-order chi connectivity index (χ1) is 8.66. The molecule has 0 amide bonds. The molecule has 0 bridgehead atoms. The minimum absolute atomic E-state index is 0.321. The first-order valence-corrected chi connectivity index (χ1v) is 8.03. The van der Waals surface area contributed by atoms with Crippen molar-refractivity contribution in [2.24, 2.45) is 5.92 Å². The second-order valence-electron chi connectivity index (χ2n) is 5.46. The van der Waals surface area contributed by atoms with E-state index in [1.54, 1.807) is 0 Å². The Morgan fingerprint density at radius 2 is 1.83 bits per heavy atom.